The molecule has 70 valence electrons. The first-order chi connectivity index (χ1) is 6.16. The van der Waals surface area contributed by atoms with E-state index in [-0.39, 0.29) is 0 Å². The highest BCUT2D eigenvalue weighted by atomic mass is 14.7. The summed E-state index contributed by atoms with van der Waals surface area (Å²) < 4.78 is 0. The smallest absolute Gasteiger partial charge is 0.0447 e. The van der Waals surface area contributed by atoms with Gasteiger partial charge in [0.25, 0.3) is 0 Å². The van der Waals surface area contributed by atoms with Crippen LogP contribution in [0.4, 0.5) is 0 Å². The topological polar surface area (TPSA) is 12.9 Å². The average Bonchev–Trinajstić information content (AvgIpc) is 2.09. The normalized spacial score (nSPS) is 12.2. The van der Waals surface area contributed by atoms with Crippen molar-refractivity contribution in [1.82, 2.24) is 4.98 Å². The van der Waals surface area contributed by atoms with Gasteiger partial charge in [0.1, 0.15) is 0 Å². The Kier molecular flexibility index (Phi) is 3.24. The third kappa shape index (κ3) is 2.18. The lowest BCUT2D eigenvalue weighted by Gasteiger charge is -2.12. The SMILES string of the molecule is C/C=C(\c1cccnc1C)C(C)C. The van der Waals surface area contributed by atoms with Gasteiger partial charge in [-0.15, -0.1) is 0 Å². The third-order valence-corrected chi connectivity index (χ3v) is 2.25. The predicted octanol–water partition coefficient (Wildman–Crippen LogP) is 3.45. The molecule has 0 unspecified atom stereocenters. The van der Waals surface area contributed by atoms with Crippen molar-refractivity contribution in [2.45, 2.75) is 27.7 Å². The van der Waals surface area contributed by atoms with E-state index < -0.39 is 0 Å². The van der Waals surface area contributed by atoms with Crippen molar-refractivity contribution in [3.63, 3.8) is 0 Å². The molecule has 1 rings (SSSR count). The summed E-state index contributed by atoms with van der Waals surface area (Å²) in [6.07, 6.45) is 4.01. The lowest BCUT2D eigenvalue weighted by atomic mass is 9.94. The summed E-state index contributed by atoms with van der Waals surface area (Å²) in [4.78, 5) is 4.29. The van der Waals surface area contributed by atoms with E-state index in [1.807, 2.05) is 12.3 Å². The molecule has 1 nitrogen and oxygen atoms in total. The first kappa shape index (κ1) is 9.97. The van der Waals surface area contributed by atoms with Gasteiger partial charge in [0, 0.05) is 11.9 Å². The minimum Gasteiger partial charge on any atom is -0.261 e. The molecule has 13 heavy (non-hydrogen) atoms. The highest BCUT2D eigenvalue weighted by molar-refractivity contribution is 5.68. The molecule has 1 aromatic heterocycles. The minimum absolute atomic E-state index is 0.563. The van der Waals surface area contributed by atoms with Gasteiger partial charge >= 0.3 is 0 Å². The van der Waals surface area contributed by atoms with Gasteiger partial charge in [0.2, 0.25) is 0 Å². The van der Waals surface area contributed by atoms with Crippen LogP contribution in [-0.4, -0.2) is 4.98 Å². The van der Waals surface area contributed by atoms with Gasteiger partial charge in [0.05, 0.1) is 0 Å². The van der Waals surface area contributed by atoms with E-state index in [2.05, 4.69) is 44.8 Å². The van der Waals surface area contributed by atoms with Crippen LogP contribution >= 0.6 is 0 Å². The Morgan fingerprint density at radius 2 is 2.15 bits per heavy atom. The van der Waals surface area contributed by atoms with Crippen LogP contribution in [0, 0.1) is 12.8 Å². The van der Waals surface area contributed by atoms with Crippen molar-refractivity contribution in [3.8, 4) is 0 Å². The Labute approximate surface area is 80.5 Å². The molecule has 0 aliphatic heterocycles. The zero-order chi connectivity index (χ0) is 9.84. The standard InChI is InChI=1S/C12H17N/c1-5-11(9(2)3)12-7-6-8-13-10(12)4/h5-9H,1-4H3/b11-5-. The molecule has 0 bridgehead atoms. The van der Waals surface area contributed by atoms with Crippen molar-refractivity contribution < 1.29 is 0 Å². The van der Waals surface area contributed by atoms with Crippen LogP contribution in [0.2, 0.25) is 0 Å². The first-order valence-electron chi connectivity index (χ1n) is 4.75. The Hall–Kier alpha value is -1.11. The second-order valence-corrected chi connectivity index (χ2v) is 3.54. The number of aryl methyl sites for hydroxylation is 1. The van der Waals surface area contributed by atoms with Crippen molar-refractivity contribution in [2.75, 3.05) is 0 Å². The summed E-state index contributed by atoms with van der Waals surface area (Å²) in [7, 11) is 0. The third-order valence-electron chi connectivity index (χ3n) is 2.25. The van der Waals surface area contributed by atoms with E-state index in [1.54, 1.807) is 0 Å². The lowest BCUT2D eigenvalue weighted by molar-refractivity contribution is 0.850. The number of hydrogen-bond donors (Lipinski definition) is 0. The molecule has 0 fully saturated rings. The van der Waals surface area contributed by atoms with Gasteiger partial charge in [0.15, 0.2) is 0 Å². The molecule has 0 N–H and O–H groups in total. The van der Waals surface area contributed by atoms with Crippen LogP contribution in [0.15, 0.2) is 24.4 Å². The van der Waals surface area contributed by atoms with Crippen LogP contribution in [0.25, 0.3) is 5.57 Å². The van der Waals surface area contributed by atoms with Crippen molar-refractivity contribution >= 4 is 5.57 Å². The molecular formula is C12H17N. The molecule has 0 amide bonds. The number of nitrogens with zero attached hydrogens (tertiary/aromatic N) is 1. The molecule has 1 aromatic rings. The fourth-order valence-electron chi connectivity index (χ4n) is 1.59. The molecule has 0 spiro atoms. The average molecular weight is 175 g/mol. The van der Waals surface area contributed by atoms with Crippen LogP contribution in [0.5, 0.6) is 0 Å². The van der Waals surface area contributed by atoms with Crippen LogP contribution in [0.3, 0.4) is 0 Å². The summed E-state index contributed by atoms with van der Waals surface area (Å²) >= 11 is 0. The summed E-state index contributed by atoms with van der Waals surface area (Å²) in [5.74, 6) is 0.563. The van der Waals surface area contributed by atoms with Crippen LogP contribution in [-0.2, 0) is 0 Å². The van der Waals surface area contributed by atoms with Gasteiger partial charge in [-0.05, 0) is 37.0 Å². The van der Waals surface area contributed by atoms with Crippen molar-refractivity contribution in [2.24, 2.45) is 5.92 Å². The zero-order valence-corrected chi connectivity index (χ0v) is 8.83. The van der Waals surface area contributed by atoms with Crippen molar-refractivity contribution in [3.05, 3.63) is 35.7 Å². The summed E-state index contributed by atoms with van der Waals surface area (Å²) in [5, 5.41) is 0. The van der Waals surface area contributed by atoms with Gasteiger partial charge in [-0.2, -0.15) is 0 Å². The van der Waals surface area contributed by atoms with E-state index >= 15 is 0 Å². The maximum Gasteiger partial charge on any atom is 0.0447 e. The number of pyridine rings is 1. The molecule has 0 aromatic carbocycles. The molecule has 0 aliphatic carbocycles. The molecule has 0 atom stereocenters. The summed E-state index contributed by atoms with van der Waals surface area (Å²) in [6.45, 7) is 8.56. The van der Waals surface area contributed by atoms with Crippen LogP contribution < -0.4 is 0 Å². The summed E-state index contributed by atoms with van der Waals surface area (Å²) in [5.41, 5.74) is 3.77. The molecule has 1 heterocycles. The Balaban J connectivity index is 3.13. The number of rotatable bonds is 2. The minimum atomic E-state index is 0.563. The van der Waals surface area contributed by atoms with Crippen LogP contribution in [0.1, 0.15) is 32.0 Å². The number of aromatic nitrogens is 1. The zero-order valence-electron chi connectivity index (χ0n) is 8.83. The maximum absolute atomic E-state index is 4.29. The van der Waals surface area contributed by atoms with E-state index in [9.17, 15) is 0 Å². The number of hydrogen-bond acceptors (Lipinski definition) is 1. The molecule has 0 saturated carbocycles. The largest absolute Gasteiger partial charge is 0.261 e. The highest BCUT2D eigenvalue weighted by Gasteiger charge is 2.07. The second-order valence-electron chi connectivity index (χ2n) is 3.54. The van der Waals surface area contributed by atoms with Gasteiger partial charge in [-0.3, -0.25) is 4.98 Å². The molecule has 0 radical (unpaired) electrons. The molecule has 0 aliphatic rings. The van der Waals surface area contributed by atoms with Crippen molar-refractivity contribution in [1.29, 1.82) is 0 Å². The van der Waals surface area contributed by atoms with Gasteiger partial charge in [-0.25, -0.2) is 0 Å². The van der Waals surface area contributed by atoms with E-state index in [0.717, 1.165) is 5.69 Å². The Morgan fingerprint density at radius 3 is 2.62 bits per heavy atom. The molecular weight excluding hydrogens is 158 g/mol. The fraction of sp³-hybridized carbons (Fsp3) is 0.417. The van der Waals surface area contributed by atoms with E-state index in [1.165, 1.54) is 11.1 Å². The first-order valence-corrected chi connectivity index (χ1v) is 4.75. The second kappa shape index (κ2) is 4.22. The molecule has 1 heteroatoms. The quantitative estimate of drug-likeness (QED) is 0.671. The van der Waals surface area contributed by atoms with Gasteiger partial charge < -0.3 is 0 Å². The Bertz CT molecular complexity index is 311. The van der Waals surface area contributed by atoms with E-state index in [4.69, 9.17) is 0 Å². The highest BCUT2D eigenvalue weighted by Crippen LogP contribution is 2.24. The maximum atomic E-state index is 4.29. The summed E-state index contributed by atoms with van der Waals surface area (Å²) in [6, 6.07) is 4.13. The number of allylic oxidation sites excluding steroid dienone is 2. The van der Waals surface area contributed by atoms with E-state index in [0.29, 0.717) is 5.92 Å². The monoisotopic (exact) mass is 175 g/mol. The fourth-order valence-corrected chi connectivity index (χ4v) is 1.59. The Morgan fingerprint density at radius 1 is 1.46 bits per heavy atom. The molecule has 0 saturated heterocycles. The predicted molar refractivity (Wildman–Crippen MR) is 57.5 cm³/mol. The van der Waals surface area contributed by atoms with Gasteiger partial charge in [-0.1, -0.05) is 26.0 Å². The lowest BCUT2D eigenvalue weighted by Crippen LogP contribution is -1.97.